The number of hydrogen-bond acceptors (Lipinski definition) is 1. The number of benzene rings is 1. The predicted octanol–water partition coefficient (Wildman–Crippen LogP) is 2.74. The Morgan fingerprint density at radius 3 is 2.79 bits per heavy atom. The summed E-state index contributed by atoms with van der Waals surface area (Å²) >= 11 is 3.48. The summed E-state index contributed by atoms with van der Waals surface area (Å²) in [5.41, 5.74) is 3.24. The molecule has 1 saturated carbocycles. The van der Waals surface area contributed by atoms with Crippen molar-refractivity contribution in [3.8, 4) is 0 Å². The van der Waals surface area contributed by atoms with Crippen LogP contribution < -0.4 is 5.32 Å². The molecule has 0 bridgehead atoms. The van der Waals surface area contributed by atoms with Crippen molar-refractivity contribution in [1.82, 2.24) is 0 Å². The first-order chi connectivity index (χ1) is 6.63. The third-order valence-electron chi connectivity index (χ3n) is 3.25. The third-order valence-corrected chi connectivity index (χ3v) is 4.10. The molecule has 1 aliphatic carbocycles. The zero-order chi connectivity index (χ0) is 9.92. The summed E-state index contributed by atoms with van der Waals surface area (Å²) < 4.78 is 1.06. The minimum Gasteiger partial charge on any atom is -0.325 e. The van der Waals surface area contributed by atoms with Gasteiger partial charge in [0.25, 0.3) is 0 Å². The van der Waals surface area contributed by atoms with E-state index in [2.05, 4.69) is 34.2 Å². The van der Waals surface area contributed by atoms with E-state index in [1.807, 2.05) is 6.07 Å². The van der Waals surface area contributed by atoms with Crippen molar-refractivity contribution in [3.05, 3.63) is 27.7 Å². The van der Waals surface area contributed by atoms with Crippen LogP contribution >= 0.6 is 15.9 Å². The van der Waals surface area contributed by atoms with Gasteiger partial charge in [-0.25, -0.2) is 0 Å². The highest BCUT2D eigenvalue weighted by Crippen LogP contribution is 2.55. The summed E-state index contributed by atoms with van der Waals surface area (Å²) in [6.07, 6.45) is 2.01. The SMILES string of the molecule is Cc1cc2c(cc1Br)NC(=O)C21CC1. The second-order valence-electron chi connectivity index (χ2n) is 4.18. The summed E-state index contributed by atoms with van der Waals surface area (Å²) in [5, 5.41) is 2.95. The van der Waals surface area contributed by atoms with Gasteiger partial charge in [-0.3, -0.25) is 4.79 Å². The fourth-order valence-corrected chi connectivity index (χ4v) is 2.51. The van der Waals surface area contributed by atoms with Crippen LogP contribution in [0.2, 0.25) is 0 Å². The van der Waals surface area contributed by atoms with Crippen LogP contribution in [0.25, 0.3) is 0 Å². The number of fused-ring (bicyclic) bond motifs is 2. The van der Waals surface area contributed by atoms with Crippen molar-refractivity contribution < 1.29 is 4.79 Å². The first-order valence-corrected chi connectivity index (χ1v) is 5.55. The average Bonchev–Trinajstić information content (AvgIpc) is 2.87. The van der Waals surface area contributed by atoms with E-state index >= 15 is 0 Å². The number of halogens is 1. The van der Waals surface area contributed by atoms with Gasteiger partial charge < -0.3 is 5.32 Å². The molecule has 14 heavy (non-hydrogen) atoms. The maximum atomic E-state index is 11.7. The van der Waals surface area contributed by atoms with E-state index in [0.29, 0.717) is 0 Å². The topological polar surface area (TPSA) is 29.1 Å². The molecule has 72 valence electrons. The lowest BCUT2D eigenvalue weighted by molar-refractivity contribution is -0.117. The minimum atomic E-state index is -0.152. The van der Waals surface area contributed by atoms with E-state index in [1.54, 1.807) is 0 Å². The predicted molar refractivity (Wildman–Crippen MR) is 58.4 cm³/mol. The monoisotopic (exact) mass is 251 g/mol. The Bertz CT molecular complexity index is 449. The van der Waals surface area contributed by atoms with Gasteiger partial charge in [-0.1, -0.05) is 22.0 Å². The van der Waals surface area contributed by atoms with Crippen molar-refractivity contribution in [2.24, 2.45) is 0 Å². The molecule has 1 aromatic rings. The molecular weight excluding hydrogens is 242 g/mol. The van der Waals surface area contributed by atoms with E-state index in [1.165, 1.54) is 11.1 Å². The summed E-state index contributed by atoms with van der Waals surface area (Å²) in [6, 6.07) is 4.14. The summed E-state index contributed by atoms with van der Waals surface area (Å²) in [5.74, 6) is 0.185. The van der Waals surface area contributed by atoms with Crippen molar-refractivity contribution >= 4 is 27.5 Å². The van der Waals surface area contributed by atoms with Gasteiger partial charge in [0.05, 0.1) is 5.41 Å². The van der Waals surface area contributed by atoms with Crippen LogP contribution in [0.5, 0.6) is 0 Å². The fraction of sp³-hybridized carbons (Fsp3) is 0.364. The van der Waals surface area contributed by atoms with E-state index in [9.17, 15) is 4.79 Å². The number of anilines is 1. The lowest BCUT2D eigenvalue weighted by Gasteiger charge is -2.06. The molecule has 1 N–H and O–H groups in total. The molecule has 3 heteroatoms. The van der Waals surface area contributed by atoms with Crippen LogP contribution in [-0.4, -0.2) is 5.91 Å². The quantitative estimate of drug-likeness (QED) is 0.755. The number of rotatable bonds is 0. The number of carbonyl (C=O) groups is 1. The first-order valence-electron chi connectivity index (χ1n) is 4.75. The minimum absolute atomic E-state index is 0.152. The molecular formula is C11H10BrNO. The molecule has 2 nitrogen and oxygen atoms in total. The zero-order valence-electron chi connectivity index (χ0n) is 7.86. The van der Waals surface area contributed by atoms with Crippen molar-refractivity contribution in [2.75, 3.05) is 5.32 Å². The van der Waals surface area contributed by atoms with Gasteiger partial charge in [0.15, 0.2) is 0 Å². The Labute approximate surface area is 90.8 Å². The fourth-order valence-electron chi connectivity index (χ4n) is 2.17. The lowest BCUT2D eigenvalue weighted by atomic mass is 9.96. The van der Waals surface area contributed by atoms with Crippen LogP contribution in [0.15, 0.2) is 16.6 Å². The molecule has 1 heterocycles. The molecule has 0 aromatic heterocycles. The Hall–Kier alpha value is -0.830. The molecule has 1 fully saturated rings. The number of amides is 1. The number of hydrogen-bond donors (Lipinski definition) is 1. The molecule has 3 rings (SSSR count). The highest BCUT2D eigenvalue weighted by molar-refractivity contribution is 9.10. The van der Waals surface area contributed by atoms with Gasteiger partial charge in [-0.15, -0.1) is 0 Å². The highest BCUT2D eigenvalue weighted by Gasteiger charge is 2.56. The van der Waals surface area contributed by atoms with Crippen LogP contribution in [0.3, 0.4) is 0 Å². The third kappa shape index (κ3) is 0.883. The lowest BCUT2D eigenvalue weighted by Crippen LogP contribution is -2.18. The molecule has 0 atom stereocenters. The largest absolute Gasteiger partial charge is 0.325 e. The van der Waals surface area contributed by atoms with Crippen LogP contribution in [0, 0.1) is 6.92 Å². The molecule has 0 saturated heterocycles. The van der Waals surface area contributed by atoms with Crippen molar-refractivity contribution in [1.29, 1.82) is 0 Å². The van der Waals surface area contributed by atoms with E-state index in [-0.39, 0.29) is 11.3 Å². The van der Waals surface area contributed by atoms with Gasteiger partial charge in [-0.05, 0) is 37.0 Å². The van der Waals surface area contributed by atoms with E-state index < -0.39 is 0 Å². The molecule has 0 radical (unpaired) electrons. The molecule has 1 aliphatic heterocycles. The van der Waals surface area contributed by atoms with E-state index in [0.717, 1.165) is 23.0 Å². The van der Waals surface area contributed by atoms with Crippen molar-refractivity contribution in [2.45, 2.75) is 25.2 Å². The van der Waals surface area contributed by atoms with Gasteiger partial charge in [0.1, 0.15) is 0 Å². The second-order valence-corrected chi connectivity index (χ2v) is 5.04. The van der Waals surface area contributed by atoms with Crippen molar-refractivity contribution in [3.63, 3.8) is 0 Å². The zero-order valence-corrected chi connectivity index (χ0v) is 9.44. The van der Waals surface area contributed by atoms with Gasteiger partial charge >= 0.3 is 0 Å². The Morgan fingerprint density at radius 2 is 2.14 bits per heavy atom. The molecule has 2 aliphatic rings. The smallest absolute Gasteiger partial charge is 0.235 e. The number of nitrogens with one attached hydrogen (secondary N) is 1. The van der Waals surface area contributed by atoms with Crippen LogP contribution in [-0.2, 0) is 10.2 Å². The maximum Gasteiger partial charge on any atom is 0.235 e. The summed E-state index contributed by atoms with van der Waals surface area (Å²) in [4.78, 5) is 11.7. The van der Waals surface area contributed by atoms with Gasteiger partial charge in [0.2, 0.25) is 5.91 Å². The highest BCUT2D eigenvalue weighted by atomic mass is 79.9. The second kappa shape index (κ2) is 2.40. The molecule has 1 amide bonds. The Balaban J connectivity index is 2.24. The summed E-state index contributed by atoms with van der Waals surface area (Å²) in [6.45, 7) is 2.06. The van der Waals surface area contributed by atoms with Gasteiger partial charge in [0, 0.05) is 10.2 Å². The Kier molecular flexibility index (Phi) is 1.45. The van der Waals surface area contributed by atoms with Gasteiger partial charge in [-0.2, -0.15) is 0 Å². The maximum absolute atomic E-state index is 11.7. The van der Waals surface area contributed by atoms with Crippen LogP contribution in [0.4, 0.5) is 5.69 Å². The number of aryl methyl sites for hydroxylation is 1. The van der Waals surface area contributed by atoms with E-state index in [4.69, 9.17) is 0 Å². The van der Waals surface area contributed by atoms with Crippen LogP contribution in [0.1, 0.15) is 24.0 Å². The average molecular weight is 252 g/mol. The molecule has 1 spiro atoms. The standard InChI is InChI=1S/C11H10BrNO/c1-6-4-7-9(5-8(6)12)13-10(14)11(7)2-3-11/h4-5H,2-3H2,1H3,(H,13,14). The molecule has 1 aromatic carbocycles. The summed E-state index contributed by atoms with van der Waals surface area (Å²) in [7, 11) is 0. The number of carbonyl (C=O) groups excluding carboxylic acids is 1. The molecule has 0 unspecified atom stereocenters. The normalized spacial score (nSPS) is 20.9. The Morgan fingerprint density at radius 1 is 1.43 bits per heavy atom. The first kappa shape index (κ1) is 8.48.